The number of morpholine rings is 1. The lowest BCUT2D eigenvalue weighted by molar-refractivity contribution is -0.00805. The van der Waals surface area contributed by atoms with Gasteiger partial charge in [0.25, 0.3) is 0 Å². The second-order valence-corrected chi connectivity index (χ2v) is 7.19. The Morgan fingerprint density at radius 3 is 3.15 bits per heavy atom. The van der Waals surface area contributed by atoms with Crippen LogP contribution in [-0.2, 0) is 18.2 Å². The van der Waals surface area contributed by atoms with Gasteiger partial charge in [0.05, 0.1) is 32.2 Å². The van der Waals surface area contributed by atoms with Gasteiger partial charge >= 0.3 is 0 Å². The van der Waals surface area contributed by atoms with Gasteiger partial charge in [0.2, 0.25) is 0 Å². The summed E-state index contributed by atoms with van der Waals surface area (Å²) in [5.74, 6) is 2.94. The number of guanidine groups is 1. The average molecular weight is 378 g/mol. The minimum atomic E-state index is 0.0232. The van der Waals surface area contributed by atoms with Crippen LogP contribution in [0.1, 0.15) is 17.4 Å². The van der Waals surface area contributed by atoms with Gasteiger partial charge in [-0.05, 0) is 18.4 Å². The van der Waals surface area contributed by atoms with Crippen molar-refractivity contribution in [2.45, 2.75) is 12.5 Å². The van der Waals surface area contributed by atoms with E-state index in [0.717, 1.165) is 55.6 Å². The average Bonchev–Trinajstić information content (AvgIpc) is 3.32. The molecule has 2 aromatic rings. The van der Waals surface area contributed by atoms with Crippen LogP contribution in [-0.4, -0.2) is 65.4 Å². The molecule has 0 spiro atoms. The van der Waals surface area contributed by atoms with E-state index in [0.29, 0.717) is 6.61 Å². The Kier molecular flexibility index (Phi) is 7.02. The lowest BCUT2D eigenvalue weighted by Gasteiger charge is -2.35. The third kappa shape index (κ3) is 5.28. The van der Waals surface area contributed by atoms with E-state index in [4.69, 9.17) is 14.1 Å². The highest BCUT2D eigenvalue weighted by Gasteiger charge is 2.25. The van der Waals surface area contributed by atoms with Crippen LogP contribution in [0.3, 0.4) is 0 Å². The molecule has 0 saturated carbocycles. The van der Waals surface area contributed by atoms with Crippen LogP contribution in [0, 0.1) is 0 Å². The Morgan fingerprint density at radius 2 is 2.42 bits per heavy atom. The van der Waals surface area contributed by atoms with Crippen LogP contribution in [0.25, 0.3) is 0 Å². The Bertz CT molecular complexity index is 686. The molecule has 3 rings (SSSR count). The molecular weight excluding hydrogens is 350 g/mol. The fourth-order valence-corrected chi connectivity index (χ4v) is 3.19. The predicted molar refractivity (Wildman–Crippen MR) is 105 cm³/mol. The Balaban J connectivity index is 1.61. The van der Waals surface area contributed by atoms with Crippen molar-refractivity contribution in [2.75, 3.05) is 44.8 Å². The fraction of sp³-hybridized carbons (Fsp3) is 0.556. The van der Waals surface area contributed by atoms with Gasteiger partial charge in [0, 0.05) is 44.1 Å². The summed E-state index contributed by atoms with van der Waals surface area (Å²) in [7, 11) is 1.93. The Labute approximate surface area is 158 Å². The highest BCUT2D eigenvalue weighted by molar-refractivity contribution is 7.98. The number of furan rings is 1. The fourth-order valence-electron chi connectivity index (χ4n) is 2.91. The van der Waals surface area contributed by atoms with Crippen LogP contribution in [0.2, 0.25) is 0 Å². The quantitative estimate of drug-likeness (QED) is 0.452. The molecule has 1 unspecified atom stereocenters. The van der Waals surface area contributed by atoms with Gasteiger partial charge in [-0.1, -0.05) is 0 Å². The molecule has 1 aliphatic rings. The standard InChI is InChI=1S/C18H27N5O2S/c1-22-13-15(12-21-22)17-14-23(8-10-25-17)18(20-7-11-26-2)19-6-5-16-4-3-9-24-16/h3-4,9,12-13,17H,5-8,10-11,14H2,1-2H3,(H,19,20). The van der Waals surface area contributed by atoms with Crippen LogP contribution >= 0.6 is 11.8 Å². The van der Waals surface area contributed by atoms with E-state index in [1.54, 1.807) is 6.26 Å². The number of hydrogen-bond acceptors (Lipinski definition) is 5. The summed E-state index contributed by atoms with van der Waals surface area (Å²) < 4.78 is 13.2. The normalized spacial score (nSPS) is 18.3. The summed E-state index contributed by atoms with van der Waals surface area (Å²) >= 11 is 1.81. The van der Waals surface area contributed by atoms with Crippen molar-refractivity contribution < 1.29 is 9.15 Å². The lowest BCUT2D eigenvalue weighted by Crippen LogP contribution is -2.48. The van der Waals surface area contributed by atoms with Gasteiger partial charge in [0.15, 0.2) is 5.96 Å². The molecule has 1 aliphatic heterocycles. The van der Waals surface area contributed by atoms with Gasteiger partial charge in [-0.15, -0.1) is 0 Å². The van der Waals surface area contributed by atoms with Crippen molar-refractivity contribution in [2.24, 2.45) is 12.0 Å². The molecule has 3 heterocycles. The number of ether oxygens (including phenoxy) is 1. The molecule has 26 heavy (non-hydrogen) atoms. The molecule has 1 N–H and O–H groups in total. The molecule has 2 aromatic heterocycles. The number of aryl methyl sites for hydroxylation is 1. The molecule has 0 bridgehead atoms. The van der Waals surface area contributed by atoms with Gasteiger partial charge < -0.3 is 19.4 Å². The molecule has 142 valence electrons. The first-order chi connectivity index (χ1) is 12.8. The lowest BCUT2D eigenvalue weighted by atomic mass is 10.1. The zero-order chi connectivity index (χ0) is 18.2. The minimum Gasteiger partial charge on any atom is -0.469 e. The first-order valence-corrected chi connectivity index (χ1v) is 10.3. The largest absolute Gasteiger partial charge is 0.469 e. The van der Waals surface area contributed by atoms with Crippen LogP contribution < -0.4 is 5.32 Å². The first kappa shape index (κ1) is 18.8. The van der Waals surface area contributed by atoms with E-state index in [9.17, 15) is 0 Å². The molecule has 8 heteroatoms. The monoisotopic (exact) mass is 377 g/mol. The number of nitrogens with one attached hydrogen (secondary N) is 1. The molecule has 7 nitrogen and oxygen atoms in total. The SMILES string of the molecule is CSCCN=C(NCCc1ccco1)N1CCOC(c2cnn(C)c2)C1. The molecule has 0 aliphatic carbocycles. The number of aromatic nitrogens is 2. The molecule has 0 amide bonds. The third-order valence-electron chi connectivity index (χ3n) is 4.25. The minimum absolute atomic E-state index is 0.0232. The summed E-state index contributed by atoms with van der Waals surface area (Å²) in [6, 6.07) is 3.92. The number of rotatable bonds is 7. The molecule has 0 aromatic carbocycles. The van der Waals surface area contributed by atoms with E-state index in [1.165, 1.54) is 0 Å². The van der Waals surface area contributed by atoms with Gasteiger partial charge in [-0.2, -0.15) is 16.9 Å². The van der Waals surface area contributed by atoms with E-state index in [-0.39, 0.29) is 6.10 Å². The van der Waals surface area contributed by atoms with Gasteiger partial charge in [0.1, 0.15) is 11.9 Å². The molecule has 1 atom stereocenters. The van der Waals surface area contributed by atoms with Crippen molar-refractivity contribution in [1.82, 2.24) is 20.0 Å². The second kappa shape index (κ2) is 9.68. The number of hydrogen-bond donors (Lipinski definition) is 1. The van der Waals surface area contributed by atoms with E-state index < -0.39 is 0 Å². The summed E-state index contributed by atoms with van der Waals surface area (Å²) in [5, 5.41) is 7.75. The van der Waals surface area contributed by atoms with Gasteiger partial charge in [-0.25, -0.2) is 0 Å². The molecular formula is C18H27N5O2S. The van der Waals surface area contributed by atoms with Crippen molar-refractivity contribution in [3.8, 4) is 0 Å². The van der Waals surface area contributed by atoms with Crippen molar-refractivity contribution in [1.29, 1.82) is 0 Å². The first-order valence-electron chi connectivity index (χ1n) is 8.91. The maximum absolute atomic E-state index is 5.95. The van der Waals surface area contributed by atoms with Crippen molar-refractivity contribution in [3.63, 3.8) is 0 Å². The van der Waals surface area contributed by atoms with Crippen LogP contribution in [0.5, 0.6) is 0 Å². The summed E-state index contributed by atoms with van der Waals surface area (Å²) in [5.41, 5.74) is 1.11. The Morgan fingerprint density at radius 1 is 1.50 bits per heavy atom. The smallest absolute Gasteiger partial charge is 0.194 e. The van der Waals surface area contributed by atoms with E-state index in [1.807, 2.05) is 48.0 Å². The summed E-state index contributed by atoms with van der Waals surface area (Å²) in [4.78, 5) is 7.07. The zero-order valence-electron chi connectivity index (χ0n) is 15.4. The maximum Gasteiger partial charge on any atom is 0.194 e. The number of aliphatic imine (C=N–C) groups is 1. The second-order valence-electron chi connectivity index (χ2n) is 6.21. The number of thioether (sulfide) groups is 1. The van der Waals surface area contributed by atoms with Gasteiger partial charge in [-0.3, -0.25) is 9.67 Å². The van der Waals surface area contributed by atoms with Crippen molar-refractivity contribution >= 4 is 17.7 Å². The maximum atomic E-state index is 5.95. The van der Waals surface area contributed by atoms with E-state index >= 15 is 0 Å². The van der Waals surface area contributed by atoms with Crippen LogP contribution in [0.15, 0.2) is 40.2 Å². The van der Waals surface area contributed by atoms with E-state index in [2.05, 4.69) is 21.6 Å². The highest BCUT2D eigenvalue weighted by Crippen LogP contribution is 2.21. The molecule has 1 saturated heterocycles. The Hall–Kier alpha value is -1.93. The van der Waals surface area contributed by atoms with Crippen molar-refractivity contribution in [3.05, 3.63) is 42.1 Å². The molecule has 0 radical (unpaired) electrons. The zero-order valence-corrected chi connectivity index (χ0v) is 16.2. The molecule has 1 fully saturated rings. The summed E-state index contributed by atoms with van der Waals surface area (Å²) in [6.07, 6.45) is 8.57. The van der Waals surface area contributed by atoms with Crippen LogP contribution in [0.4, 0.5) is 0 Å². The highest BCUT2D eigenvalue weighted by atomic mass is 32.2. The predicted octanol–water partition coefficient (Wildman–Crippen LogP) is 1.94. The topological polar surface area (TPSA) is 67.8 Å². The summed E-state index contributed by atoms with van der Waals surface area (Å²) in [6.45, 7) is 3.89. The third-order valence-corrected chi connectivity index (χ3v) is 4.85. The number of nitrogens with zero attached hydrogens (tertiary/aromatic N) is 4.